The largest absolute Gasteiger partial charge is 0.481 e. The Bertz CT molecular complexity index is 542. The van der Waals surface area contributed by atoms with Crippen LogP contribution in [0.3, 0.4) is 0 Å². The number of aliphatic carboxylic acids is 1. The lowest BCUT2D eigenvalue weighted by Gasteiger charge is -2.37. The molecule has 0 aromatic carbocycles. The molecule has 0 aromatic rings. The van der Waals surface area contributed by atoms with Gasteiger partial charge in [0.1, 0.15) is 11.2 Å². The quantitative estimate of drug-likeness (QED) is 0.703. The van der Waals surface area contributed by atoms with Gasteiger partial charge in [0, 0.05) is 25.6 Å². The van der Waals surface area contributed by atoms with Crippen LogP contribution in [0.5, 0.6) is 0 Å². The molecule has 2 N–H and O–H groups in total. The van der Waals surface area contributed by atoms with Gasteiger partial charge in [-0.15, -0.1) is 0 Å². The predicted octanol–water partition coefficient (Wildman–Crippen LogP) is 3.78. The molecule has 162 valence electrons. The topological polar surface area (TPSA) is 105 Å². The number of nitrogens with one attached hydrogen (secondary N) is 1. The van der Waals surface area contributed by atoms with Crippen LogP contribution in [0, 0.1) is 5.92 Å². The minimum Gasteiger partial charge on any atom is -0.481 e. The highest BCUT2D eigenvalue weighted by molar-refractivity contribution is 5.69. The molecule has 0 spiro atoms. The third-order valence-corrected chi connectivity index (χ3v) is 4.37. The van der Waals surface area contributed by atoms with Crippen LogP contribution < -0.4 is 5.32 Å². The fourth-order valence-corrected chi connectivity index (χ4v) is 3.24. The van der Waals surface area contributed by atoms with Crippen LogP contribution in [0.15, 0.2) is 0 Å². The Balaban J connectivity index is 2.66. The SMILES string of the molecule is CC(C)(C)OC(=O)NCCN(C(=O)OC(C)(C)C)C1CCC(CC(=O)O)CC1. The van der Waals surface area contributed by atoms with Crippen LogP contribution in [-0.2, 0) is 14.3 Å². The second kappa shape index (κ2) is 9.98. The highest BCUT2D eigenvalue weighted by Crippen LogP contribution is 2.30. The van der Waals surface area contributed by atoms with E-state index in [1.807, 2.05) is 20.8 Å². The molecule has 0 bridgehead atoms. The van der Waals surface area contributed by atoms with Gasteiger partial charge >= 0.3 is 18.2 Å². The Morgan fingerprint density at radius 2 is 1.50 bits per heavy atom. The third-order valence-electron chi connectivity index (χ3n) is 4.37. The zero-order valence-corrected chi connectivity index (χ0v) is 18.0. The average Bonchev–Trinajstić information content (AvgIpc) is 2.48. The number of carbonyl (C=O) groups excluding carboxylic acids is 2. The van der Waals surface area contributed by atoms with Gasteiger partial charge in [0.2, 0.25) is 0 Å². The van der Waals surface area contributed by atoms with Crippen molar-refractivity contribution in [2.24, 2.45) is 5.92 Å². The molecule has 0 aromatic heterocycles. The van der Waals surface area contributed by atoms with E-state index in [2.05, 4.69) is 5.32 Å². The fraction of sp³-hybridized carbons (Fsp3) is 0.850. The maximum atomic E-state index is 12.7. The van der Waals surface area contributed by atoms with Gasteiger partial charge in [0.05, 0.1) is 0 Å². The lowest BCUT2D eigenvalue weighted by Crippen LogP contribution is -2.48. The van der Waals surface area contributed by atoms with Crippen LogP contribution in [-0.4, -0.2) is 58.5 Å². The predicted molar refractivity (Wildman–Crippen MR) is 105 cm³/mol. The van der Waals surface area contributed by atoms with Gasteiger partial charge in [-0.3, -0.25) is 4.79 Å². The smallest absolute Gasteiger partial charge is 0.410 e. The zero-order valence-electron chi connectivity index (χ0n) is 18.0. The number of carboxylic acid groups (broad SMARTS) is 1. The first-order valence-electron chi connectivity index (χ1n) is 9.95. The molecule has 1 rings (SSSR count). The molecule has 1 aliphatic carbocycles. The second-order valence-corrected chi connectivity index (χ2v) is 9.37. The Labute approximate surface area is 167 Å². The third kappa shape index (κ3) is 9.80. The molecule has 28 heavy (non-hydrogen) atoms. The number of hydrogen-bond donors (Lipinski definition) is 2. The lowest BCUT2D eigenvalue weighted by atomic mass is 9.83. The monoisotopic (exact) mass is 400 g/mol. The molecule has 0 heterocycles. The van der Waals surface area contributed by atoms with Crippen LogP contribution in [0.4, 0.5) is 9.59 Å². The number of hydrogen-bond acceptors (Lipinski definition) is 5. The number of ether oxygens (including phenoxy) is 2. The van der Waals surface area contributed by atoms with Crippen molar-refractivity contribution < 1.29 is 29.0 Å². The molecule has 0 saturated heterocycles. The summed E-state index contributed by atoms with van der Waals surface area (Å²) >= 11 is 0. The number of nitrogens with zero attached hydrogens (tertiary/aromatic N) is 1. The molecular formula is C20H36N2O6. The zero-order chi connectivity index (χ0) is 21.5. The van der Waals surface area contributed by atoms with E-state index in [-0.39, 0.29) is 24.9 Å². The van der Waals surface area contributed by atoms with E-state index < -0.39 is 29.4 Å². The highest BCUT2D eigenvalue weighted by Gasteiger charge is 2.32. The van der Waals surface area contributed by atoms with E-state index in [4.69, 9.17) is 14.6 Å². The summed E-state index contributed by atoms with van der Waals surface area (Å²) in [6.45, 7) is 11.4. The van der Waals surface area contributed by atoms with Crippen molar-refractivity contribution in [2.75, 3.05) is 13.1 Å². The number of rotatable bonds is 6. The molecule has 1 aliphatic rings. The van der Waals surface area contributed by atoms with Crippen LogP contribution >= 0.6 is 0 Å². The molecular weight excluding hydrogens is 364 g/mol. The average molecular weight is 401 g/mol. The van der Waals surface area contributed by atoms with Crippen molar-refractivity contribution in [3.63, 3.8) is 0 Å². The molecule has 0 atom stereocenters. The van der Waals surface area contributed by atoms with E-state index >= 15 is 0 Å². The summed E-state index contributed by atoms with van der Waals surface area (Å²) in [5.41, 5.74) is -1.20. The number of carbonyl (C=O) groups is 3. The fourth-order valence-electron chi connectivity index (χ4n) is 3.24. The molecule has 0 aliphatic heterocycles. The normalized spacial score (nSPS) is 20.2. The summed E-state index contributed by atoms with van der Waals surface area (Å²) in [5.74, 6) is -0.636. The first-order chi connectivity index (χ1) is 12.8. The maximum Gasteiger partial charge on any atom is 0.410 e. The van der Waals surface area contributed by atoms with Crippen molar-refractivity contribution in [1.82, 2.24) is 10.2 Å². The first-order valence-corrected chi connectivity index (χ1v) is 9.95. The van der Waals surface area contributed by atoms with Gasteiger partial charge in [0.15, 0.2) is 0 Å². The summed E-state index contributed by atoms with van der Waals surface area (Å²) in [4.78, 5) is 37.1. The summed E-state index contributed by atoms with van der Waals surface area (Å²) in [6.07, 6.45) is 2.19. The van der Waals surface area contributed by atoms with E-state index in [1.165, 1.54) is 0 Å². The standard InChI is InChI=1S/C20H36N2O6/c1-19(2,3)27-17(25)21-11-12-22(18(26)28-20(4,5)6)15-9-7-14(8-10-15)13-16(23)24/h14-15H,7-13H2,1-6H3,(H,21,25)(H,23,24). The second-order valence-electron chi connectivity index (χ2n) is 9.37. The number of amides is 2. The van der Waals surface area contributed by atoms with Crippen LogP contribution in [0.2, 0.25) is 0 Å². The van der Waals surface area contributed by atoms with E-state index in [9.17, 15) is 14.4 Å². The Kier molecular flexibility index (Phi) is 8.57. The molecule has 0 unspecified atom stereocenters. The molecule has 0 radical (unpaired) electrons. The number of carboxylic acids is 1. The molecule has 8 nitrogen and oxygen atoms in total. The van der Waals surface area contributed by atoms with Gasteiger partial charge in [-0.1, -0.05) is 0 Å². The summed E-state index contributed by atoms with van der Waals surface area (Å²) < 4.78 is 10.7. The van der Waals surface area contributed by atoms with Crippen molar-refractivity contribution in [1.29, 1.82) is 0 Å². The molecule has 2 amide bonds. The van der Waals surface area contributed by atoms with Crippen molar-refractivity contribution in [3.8, 4) is 0 Å². The van der Waals surface area contributed by atoms with Gasteiger partial charge in [-0.2, -0.15) is 0 Å². The van der Waals surface area contributed by atoms with E-state index in [1.54, 1.807) is 25.7 Å². The van der Waals surface area contributed by atoms with Crippen molar-refractivity contribution in [3.05, 3.63) is 0 Å². The van der Waals surface area contributed by atoms with Gasteiger partial charge in [0.25, 0.3) is 0 Å². The Morgan fingerprint density at radius 3 is 1.96 bits per heavy atom. The van der Waals surface area contributed by atoms with Gasteiger partial charge in [-0.05, 0) is 73.1 Å². The molecule has 1 fully saturated rings. The Hall–Kier alpha value is -1.99. The molecule has 1 saturated carbocycles. The van der Waals surface area contributed by atoms with Crippen molar-refractivity contribution in [2.45, 2.75) is 90.9 Å². The van der Waals surface area contributed by atoms with E-state index in [0.717, 1.165) is 25.7 Å². The Morgan fingerprint density at radius 1 is 0.964 bits per heavy atom. The summed E-state index contributed by atoms with van der Waals surface area (Å²) in [7, 11) is 0. The minimum absolute atomic E-state index is 0.0275. The summed E-state index contributed by atoms with van der Waals surface area (Å²) in [6, 6.07) is -0.0275. The van der Waals surface area contributed by atoms with Crippen LogP contribution in [0.1, 0.15) is 73.6 Å². The van der Waals surface area contributed by atoms with Gasteiger partial charge < -0.3 is 24.8 Å². The maximum absolute atomic E-state index is 12.7. The highest BCUT2D eigenvalue weighted by atomic mass is 16.6. The molecule has 8 heteroatoms. The summed E-state index contributed by atoms with van der Waals surface area (Å²) in [5, 5.41) is 11.6. The minimum atomic E-state index is -0.783. The van der Waals surface area contributed by atoms with E-state index in [0.29, 0.717) is 6.54 Å². The first kappa shape index (κ1) is 24.0. The lowest BCUT2D eigenvalue weighted by molar-refractivity contribution is -0.138. The number of alkyl carbamates (subject to hydrolysis) is 1. The van der Waals surface area contributed by atoms with Crippen molar-refractivity contribution >= 4 is 18.2 Å². The van der Waals surface area contributed by atoms with Crippen LogP contribution in [0.25, 0.3) is 0 Å². The van der Waals surface area contributed by atoms with Gasteiger partial charge in [-0.25, -0.2) is 9.59 Å².